The van der Waals surface area contributed by atoms with Crippen LogP contribution in [-0.2, 0) is 54.8 Å². The molecule has 0 aliphatic heterocycles. The van der Waals surface area contributed by atoms with Crippen LogP contribution in [0.5, 0.6) is 0 Å². The fourth-order valence-corrected chi connectivity index (χ4v) is 9.31. The molecule has 0 saturated carbocycles. The largest absolute Gasteiger partial charge is 0.397 e. The van der Waals surface area contributed by atoms with E-state index in [4.69, 9.17) is 16.2 Å². The molecule has 5 aromatic rings. The number of allylic oxidation sites excluding steroid dienone is 1. The zero-order valence-electron chi connectivity index (χ0n) is 29.3. The van der Waals surface area contributed by atoms with Gasteiger partial charge in [0.05, 0.1) is 39.1 Å². The molecule has 0 atom stereocenters. The van der Waals surface area contributed by atoms with Gasteiger partial charge in [0.25, 0.3) is 30.4 Å². The van der Waals surface area contributed by atoms with Crippen LogP contribution in [0.3, 0.4) is 0 Å². The predicted octanol–water partition coefficient (Wildman–Crippen LogP) is 3.18. The molecule has 0 saturated heterocycles. The number of nitrogens with one attached hydrogen (secondary N) is 3. The topological polar surface area (TPSA) is 365 Å². The quantitative estimate of drug-likeness (QED) is 0.0621. The van der Waals surface area contributed by atoms with Crippen LogP contribution >= 0.6 is 11.6 Å². The Labute approximate surface area is 344 Å². The highest BCUT2D eigenvalue weighted by molar-refractivity contribution is 7.91. The van der Waals surface area contributed by atoms with Gasteiger partial charge < -0.3 is 10.6 Å². The number of Topliss-reactive ketones (excluding diaryl/α,β-unsaturated/α-hetero) is 1. The lowest BCUT2D eigenvalue weighted by Crippen LogP contribution is -2.21. The monoisotopic (exact) mass is 945 g/mol. The molecule has 0 radical (unpaired) electrons. The summed E-state index contributed by atoms with van der Waals surface area (Å²) >= 11 is 6.12. The van der Waals surface area contributed by atoms with Gasteiger partial charge in [-0.25, -0.2) is 12.6 Å². The first-order valence-corrected chi connectivity index (χ1v) is 23.6. The second-order valence-electron chi connectivity index (χ2n) is 12.0. The number of ketones is 1. The van der Waals surface area contributed by atoms with Crippen LogP contribution in [0.15, 0.2) is 97.5 Å². The third kappa shape index (κ3) is 10.1. The fourth-order valence-electron chi connectivity index (χ4n) is 5.57. The molecule has 4 aromatic carbocycles. The van der Waals surface area contributed by atoms with Gasteiger partial charge in [0.15, 0.2) is 9.84 Å². The average molecular weight is 946 g/mol. The first kappa shape index (κ1) is 44.0. The van der Waals surface area contributed by atoms with Gasteiger partial charge in [0, 0.05) is 16.5 Å². The first-order valence-electron chi connectivity index (χ1n) is 15.9. The summed E-state index contributed by atoms with van der Waals surface area (Å²) in [7, 11) is -23.8. The third-order valence-electron chi connectivity index (χ3n) is 8.03. The standard InChI is InChI=1S/C31H24ClN7O16S5/c32-29-35-30(33-17-5-7-18(8-6-17)56(41,42)13-12-55-60(52,53)54)37-31(36-29)34-24-15-19(57(43,44)45)14-16-4-10-22(27(40)26(16)24)38-39-23-11-9-20-21(28(23)59(49,50)51)2-1-3-25(20)58(46,47)48/h1-11,14-15,39H,12-13H2,(H,43,44,45)(H,46,47,48)(H,49,50,51)(H,52,53,54)(H2,33,34,35,36,37)/b38-22-. The number of anilines is 5. The van der Waals surface area contributed by atoms with Gasteiger partial charge in [-0.1, -0.05) is 24.3 Å². The summed E-state index contributed by atoms with van der Waals surface area (Å²) in [5, 5.41) is 8.28. The van der Waals surface area contributed by atoms with Crippen LogP contribution in [0, 0.1) is 0 Å². The number of benzene rings is 4. The van der Waals surface area contributed by atoms with Crippen molar-refractivity contribution >= 4 is 119 Å². The number of hydrogen-bond donors (Lipinski definition) is 7. The summed E-state index contributed by atoms with van der Waals surface area (Å²) in [6.07, 6.45) is 2.32. The van der Waals surface area contributed by atoms with E-state index in [-0.39, 0.29) is 44.1 Å². The summed E-state index contributed by atoms with van der Waals surface area (Å²) in [6.45, 7) is -0.850. The van der Waals surface area contributed by atoms with Gasteiger partial charge in [0.2, 0.25) is 23.0 Å². The Morgan fingerprint density at radius 1 is 0.683 bits per heavy atom. The normalized spacial score (nSPS) is 14.3. The van der Waals surface area contributed by atoms with Crippen LogP contribution in [0.1, 0.15) is 15.9 Å². The van der Waals surface area contributed by atoms with E-state index in [0.29, 0.717) is 0 Å². The van der Waals surface area contributed by atoms with Crippen LogP contribution < -0.4 is 16.1 Å². The summed E-state index contributed by atoms with van der Waals surface area (Å²) in [4.78, 5) is 23.5. The van der Waals surface area contributed by atoms with Crippen molar-refractivity contribution in [2.45, 2.75) is 19.6 Å². The van der Waals surface area contributed by atoms with Gasteiger partial charge in [-0.05, 0) is 71.8 Å². The van der Waals surface area contributed by atoms with Crippen molar-refractivity contribution in [1.29, 1.82) is 0 Å². The van der Waals surface area contributed by atoms with Crippen molar-refractivity contribution in [1.82, 2.24) is 15.0 Å². The Bertz CT molecular complexity index is 3260. The number of carbonyl (C=O) groups excluding carboxylic acids is 1. The maximum atomic E-state index is 13.9. The molecule has 316 valence electrons. The van der Waals surface area contributed by atoms with Crippen molar-refractivity contribution in [2.75, 3.05) is 28.4 Å². The number of aromatic nitrogens is 3. The predicted molar refractivity (Wildman–Crippen MR) is 212 cm³/mol. The zero-order valence-corrected chi connectivity index (χ0v) is 34.2. The van der Waals surface area contributed by atoms with Gasteiger partial charge in [-0.15, -0.1) is 0 Å². The Morgan fingerprint density at radius 3 is 1.97 bits per heavy atom. The van der Waals surface area contributed by atoms with Gasteiger partial charge in [-0.2, -0.15) is 53.7 Å². The summed E-state index contributed by atoms with van der Waals surface area (Å²) in [5.74, 6) is -2.38. The molecule has 6 rings (SSSR count). The molecule has 0 unspecified atom stereocenters. The number of halogens is 1. The maximum Gasteiger partial charge on any atom is 0.397 e. The number of sulfone groups is 1. The lowest BCUT2D eigenvalue weighted by Gasteiger charge is -2.18. The van der Waals surface area contributed by atoms with Gasteiger partial charge >= 0.3 is 10.4 Å². The number of fused-ring (bicyclic) bond motifs is 2. The van der Waals surface area contributed by atoms with E-state index in [1.807, 2.05) is 0 Å². The highest BCUT2D eigenvalue weighted by Crippen LogP contribution is 2.35. The molecule has 0 bridgehead atoms. The number of hydrazone groups is 1. The fraction of sp³-hybridized carbons (Fsp3) is 0.0645. The Hall–Kier alpha value is -5.53. The van der Waals surface area contributed by atoms with E-state index in [9.17, 15) is 60.5 Å². The third-order valence-corrected chi connectivity index (χ3v) is 13.1. The SMILES string of the molecule is O=C1/C(=N\Nc2ccc3c(S(=O)(=O)O)cccc3c2S(=O)(=O)O)C=Cc2cc(S(=O)(=O)O)cc(Nc3nc(Cl)nc(Nc4ccc(S(=O)(=O)CCOS(=O)(=O)O)cc4)n3)c21. The number of nitrogens with zero attached hydrogens (tertiary/aromatic N) is 4. The minimum absolute atomic E-state index is 0.0725. The van der Waals surface area contributed by atoms with E-state index in [0.717, 1.165) is 60.7 Å². The van der Waals surface area contributed by atoms with Crippen LogP contribution in [0.25, 0.3) is 16.8 Å². The number of carbonyl (C=O) groups is 1. The molecular weight excluding hydrogens is 922 g/mol. The van der Waals surface area contributed by atoms with Crippen molar-refractivity contribution in [3.63, 3.8) is 0 Å². The Kier molecular flexibility index (Phi) is 11.9. The lowest BCUT2D eigenvalue weighted by molar-refractivity contribution is 0.106. The van der Waals surface area contributed by atoms with E-state index in [1.54, 1.807) is 0 Å². The number of rotatable bonds is 14. The molecule has 29 heteroatoms. The second kappa shape index (κ2) is 16.2. The van der Waals surface area contributed by atoms with E-state index < -0.39 is 106 Å². The Morgan fingerprint density at radius 2 is 1.35 bits per heavy atom. The maximum absolute atomic E-state index is 13.9. The van der Waals surface area contributed by atoms with Crippen molar-refractivity contribution in [2.24, 2.45) is 5.10 Å². The Balaban J connectivity index is 1.31. The molecule has 1 heterocycles. The lowest BCUT2D eigenvalue weighted by atomic mass is 9.93. The molecule has 0 spiro atoms. The highest BCUT2D eigenvalue weighted by atomic mass is 35.5. The molecule has 60 heavy (non-hydrogen) atoms. The van der Waals surface area contributed by atoms with Crippen LogP contribution in [0.4, 0.5) is 29.0 Å². The second-order valence-corrected chi connectivity index (χ2v) is 19.7. The van der Waals surface area contributed by atoms with Crippen molar-refractivity contribution in [3.05, 3.63) is 89.2 Å². The number of hydrogen-bond acceptors (Lipinski definition) is 19. The van der Waals surface area contributed by atoms with Crippen LogP contribution in [-0.4, -0.2) is 99.1 Å². The molecule has 1 aromatic heterocycles. The van der Waals surface area contributed by atoms with E-state index in [2.05, 4.69) is 40.3 Å². The molecule has 7 N–H and O–H groups in total. The zero-order chi connectivity index (χ0) is 44.0. The smallest absolute Gasteiger partial charge is 0.324 e. The molecule has 1 aliphatic rings. The van der Waals surface area contributed by atoms with E-state index >= 15 is 0 Å². The minimum Gasteiger partial charge on any atom is -0.324 e. The summed E-state index contributed by atoms with van der Waals surface area (Å²) < 4.78 is 162. The minimum atomic E-state index is -5.13. The molecule has 0 fully saturated rings. The summed E-state index contributed by atoms with van der Waals surface area (Å²) in [6, 6.07) is 12.1. The van der Waals surface area contributed by atoms with Crippen LogP contribution in [0.2, 0.25) is 5.28 Å². The molecule has 0 amide bonds. The first-order chi connectivity index (χ1) is 27.8. The molecule has 1 aliphatic carbocycles. The molecule has 23 nitrogen and oxygen atoms in total. The van der Waals surface area contributed by atoms with Gasteiger partial charge in [0.1, 0.15) is 15.5 Å². The highest BCUT2D eigenvalue weighted by Gasteiger charge is 2.28. The van der Waals surface area contributed by atoms with Crippen molar-refractivity contribution < 1.29 is 69.3 Å². The van der Waals surface area contributed by atoms with Crippen molar-refractivity contribution in [3.8, 4) is 0 Å². The molecular formula is C31H24ClN7O16S5. The summed E-state index contributed by atoms with van der Waals surface area (Å²) in [5.41, 5.74) is 1.01. The average Bonchev–Trinajstić information content (AvgIpc) is 3.12. The van der Waals surface area contributed by atoms with E-state index in [1.165, 1.54) is 18.2 Å². The van der Waals surface area contributed by atoms with Gasteiger partial charge in [-0.3, -0.25) is 28.4 Å².